The number of carbonyl (C=O) groups is 2. The van der Waals surface area contributed by atoms with Gasteiger partial charge < -0.3 is 32.3 Å². The van der Waals surface area contributed by atoms with Crippen LogP contribution in [0.15, 0.2) is 0 Å². The maximum Gasteiger partial charge on any atom is 0.321 e. The van der Waals surface area contributed by atoms with E-state index in [1.54, 1.807) is 0 Å². The molecule has 12 atom stereocenters. The fourth-order valence-corrected chi connectivity index (χ4v) is 11.8. The van der Waals surface area contributed by atoms with Crippen molar-refractivity contribution in [1.82, 2.24) is 10.6 Å². The highest BCUT2D eigenvalue weighted by Gasteiger charge is 2.62. The van der Waals surface area contributed by atoms with Gasteiger partial charge in [-0.2, -0.15) is 11.8 Å². The van der Waals surface area contributed by atoms with Gasteiger partial charge in [0.2, 0.25) is 0 Å². The van der Waals surface area contributed by atoms with E-state index in [0.717, 1.165) is 58.3 Å². The van der Waals surface area contributed by atoms with Crippen molar-refractivity contribution in [3.63, 3.8) is 0 Å². The quantitative estimate of drug-likeness (QED) is 0.104. The highest BCUT2D eigenvalue weighted by molar-refractivity contribution is 7.99. The fourth-order valence-electron chi connectivity index (χ4n) is 10.8. The molecule has 0 heterocycles. The van der Waals surface area contributed by atoms with Gasteiger partial charge in [0.05, 0.1) is 6.10 Å². The van der Waals surface area contributed by atoms with Gasteiger partial charge in [0.1, 0.15) is 11.8 Å². The molecule has 0 amide bonds. The molecule has 0 spiro atoms. The molecule has 0 aliphatic heterocycles. The maximum absolute atomic E-state index is 13.0. The van der Waals surface area contributed by atoms with Gasteiger partial charge in [-0.1, -0.05) is 27.7 Å². The summed E-state index contributed by atoms with van der Waals surface area (Å²) < 4.78 is 0. The summed E-state index contributed by atoms with van der Waals surface area (Å²) in [4.78, 5) is 24.0. The molecule has 0 bridgehead atoms. The van der Waals surface area contributed by atoms with Gasteiger partial charge in [-0.3, -0.25) is 9.59 Å². The van der Waals surface area contributed by atoms with Crippen LogP contribution in [-0.2, 0) is 9.59 Å². The van der Waals surface area contributed by atoms with E-state index in [4.69, 9.17) is 16.6 Å². The monoisotopic (exact) mass is 664 g/mol. The molecule has 9 heteroatoms. The van der Waals surface area contributed by atoms with Crippen molar-refractivity contribution >= 4 is 23.5 Å². The van der Waals surface area contributed by atoms with Gasteiger partial charge in [0.15, 0.2) is 0 Å². The second kappa shape index (κ2) is 17.3. The first-order valence-corrected chi connectivity index (χ1v) is 20.0. The Morgan fingerprint density at radius 1 is 0.935 bits per heavy atom. The average Bonchev–Trinajstić information content (AvgIpc) is 3.38. The Hall–Kier alpha value is -0.710. The summed E-state index contributed by atoms with van der Waals surface area (Å²) in [6.07, 6.45) is 14.4. The minimum Gasteiger partial charge on any atom is -0.480 e. The second-order valence-electron chi connectivity index (χ2n) is 16.4. The summed E-state index contributed by atoms with van der Waals surface area (Å²) in [5.74, 6) is 3.52. The molecule has 0 aromatic rings. The highest BCUT2D eigenvalue weighted by atomic mass is 32.2. The predicted octanol–water partition coefficient (Wildman–Crippen LogP) is 5.06. The lowest BCUT2D eigenvalue weighted by Gasteiger charge is -2.62. The van der Waals surface area contributed by atoms with Crippen molar-refractivity contribution in [3.05, 3.63) is 0 Å². The van der Waals surface area contributed by atoms with Crippen LogP contribution in [0.3, 0.4) is 0 Å². The van der Waals surface area contributed by atoms with Crippen molar-refractivity contribution in [2.45, 2.75) is 129 Å². The number of aliphatic hydroxyl groups excluding tert-OH is 1. The Morgan fingerprint density at radius 2 is 1.65 bits per heavy atom. The number of fused-ring (bicyclic) bond motifs is 5. The Balaban J connectivity index is 1.25. The van der Waals surface area contributed by atoms with E-state index in [9.17, 15) is 14.7 Å². The van der Waals surface area contributed by atoms with Crippen LogP contribution in [0.1, 0.15) is 111 Å². The summed E-state index contributed by atoms with van der Waals surface area (Å²) in [5.41, 5.74) is 11.8. The summed E-state index contributed by atoms with van der Waals surface area (Å²) >= 11 is 1.47. The summed E-state index contributed by atoms with van der Waals surface area (Å²) in [6.45, 7) is 13.4. The number of carboxylic acid groups (broad SMARTS) is 1. The number of aliphatic hydroxyl groups is 1. The minimum atomic E-state index is -0.989. The van der Waals surface area contributed by atoms with E-state index >= 15 is 0 Å². The molecule has 46 heavy (non-hydrogen) atoms. The third-order valence-electron chi connectivity index (χ3n) is 13.6. The molecule has 0 radical (unpaired) electrons. The summed E-state index contributed by atoms with van der Waals surface area (Å²) in [7, 11) is 0. The number of thioether (sulfide) groups is 1. The largest absolute Gasteiger partial charge is 0.480 e. The zero-order valence-electron chi connectivity index (χ0n) is 29.5. The van der Waals surface area contributed by atoms with Crippen molar-refractivity contribution in [2.24, 2.45) is 63.7 Å². The number of carboxylic acids is 1. The van der Waals surface area contributed by atoms with Crippen LogP contribution < -0.4 is 22.1 Å². The van der Waals surface area contributed by atoms with Crippen LogP contribution in [0.25, 0.3) is 0 Å². The number of ketones is 1. The molecule has 0 aromatic carbocycles. The van der Waals surface area contributed by atoms with Crippen LogP contribution in [0.4, 0.5) is 0 Å². The van der Waals surface area contributed by atoms with Gasteiger partial charge in [-0.15, -0.1) is 0 Å². The van der Waals surface area contributed by atoms with Crippen molar-refractivity contribution < 1.29 is 19.8 Å². The minimum absolute atomic E-state index is 0.0782. The molecule has 0 unspecified atom stereocenters. The van der Waals surface area contributed by atoms with Crippen LogP contribution in [0, 0.1) is 52.3 Å². The normalized spacial score (nSPS) is 37.5. The molecular formula is C37H68N4O4S. The third-order valence-corrected chi connectivity index (χ3v) is 14.9. The Labute approximate surface area is 284 Å². The predicted molar refractivity (Wildman–Crippen MR) is 190 cm³/mol. The van der Waals surface area contributed by atoms with Gasteiger partial charge in [0.25, 0.3) is 0 Å². The molecule has 4 aliphatic carbocycles. The van der Waals surface area contributed by atoms with E-state index < -0.39 is 12.0 Å². The van der Waals surface area contributed by atoms with Gasteiger partial charge >= 0.3 is 5.97 Å². The zero-order chi connectivity index (χ0) is 33.5. The smallest absolute Gasteiger partial charge is 0.321 e. The third kappa shape index (κ3) is 8.90. The Morgan fingerprint density at radius 3 is 2.39 bits per heavy atom. The number of rotatable bonds is 19. The number of hydrogen-bond acceptors (Lipinski definition) is 8. The Bertz CT molecular complexity index is 987. The van der Waals surface area contributed by atoms with Crippen molar-refractivity contribution in [3.8, 4) is 0 Å². The van der Waals surface area contributed by atoms with E-state index in [0.29, 0.717) is 64.9 Å². The Kier molecular flexibility index (Phi) is 14.3. The molecule has 4 aliphatic rings. The number of hydrogen-bond donors (Lipinski definition) is 6. The number of aliphatic carboxylic acids is 1. The molecule has 0 saturated heterocycles. The molecule has 4 rings (SSSR count). The number of nitrogens with one attached hydrogen (secondary N) is 2. The first-order valence-electron chi connectivity index (χ1n) is 18.8. The maximum atomic E-state index is 13.0. The fraction of sp³-hybridized carbons (Fsp3) is 0.946. The highest BCUT2D eigenvalue weighted by Crippen LogP contribution is 2.68. The van der Waals surface area contributed by atoms with Gasteiger partial charge in [-0.05, 0) is 150 Å². The molecule has 4 fully saturated rings. The molecule has 8 N–H and O–H groups in total. The number of unbranched alkanes of at least 4 members (excludes halogenated alkanes) is 1. The van der Waals surface area contributed by atoms with Gasteiger partial charge in [0, 0.05) is 29.9 Å². The lowest BCUT2D eigenvalue weighted by Crippen LogP contribution is -2.59. The van der Waals surface area contributed by atoms with E-state index in [1.807, 2.05) is 6.92 Å². The number of Topliss-reactive ketones (excluding diaryl/α,β-unsaturated/α-hetero) is 1. The molecule has 4 saturated carbocycles. The molecular weight excluding hydrogens is 596 g/mol. The number of nitrogens with two attached hydrogens (primary N) is 2. The lowest BCUT2D eigenvalue weighted by atomic mass is 9.43. The molecule has 0 aromatic heterocycles. The van der Waals surface area contributed by atoms with Crippen LogP contribution in [-0.4, -0.2) is 77.8 Å². The standard InChI is InChI=1S/C37H68N4O4S/c1-24(8-11-32(42)25(2)22-46-23-31(39)35(44)45)28-9-10-29-34-30(13-15-37(28,29)4)36(3)14-12-27(20-26(36)21-33(34)43)41-19-7-18-40-17-6-5-16-38/h24-31,33-34,40-41,43H,5-23,38-39H2,1-4H3,(H,44,45)/t24-,25-,26-,27+,28-,29+,30+,31+,33-,34+,36+,37-/m1/s1. The van der Waals surface area contributed by atoms with Crippen LogP contribution in [0.2, 0.25) is 0 Å². The first-order chi connectivity index (χ1) is 21.9. The summed E-state index contributed by atoms with van der Waals surface area (Å²) in [5, 5.41) is 28.2. The van der Waals surface area contributed by atoms with Crippen molar-refractivity contribution in [1.29, 1.82) is 0 Å². The first kappa shape index (κ1) is 38.1. The van der Waals surface area contributed by atoms with Crippen LogP contribution >= 0.6 is 11.8 Å². The lowest BCUT2D eigenvalue weighted by molar-refractivity contribution is -0.167. The van der Waals surface area contributed by atoms with E-state index in [-0.39, 0.29) is 23.2 Å². The SMILES string of the molecule is C[C@H](CSC[C@H](N)C(=O)O)C(=O)CC[C@@H](C)[C@H]1CC[C@H]2[C@@H]3[C@H](O)C[C@H]4C[C@@H](NCCCNCCCCN)CC[C@]4(C)[C@H]3CC[C@]12C. The van der Waals surface area contributed by atoms with E-state index in [2.05, 4.69) is 31.4 Å². The molecule has 266 valence electrons. The second-order valence-corrected chi connectivity index (χ2v) is 17.5. The average molecular weight is 665 g/mol. The van der Waals surface area contributed by atoms with Crippen LogP contribution in [0.5, 0.6) is 0 Å². The zero-order valence-corrected chi connectivity index (χ0v) is 30.3. The topological polar surface area (TPSA) is 151 Å². The van der Waals surface area contributed by atoms with E-state index in [1.165, 1.54) is 56.7 Å². The number of carbonyl (C=O) groups excluding carboxylic acids is 1. The summed E-state index contributed by atoms with van der Waals surface area (Å²) in [6, 6.07) is -0.294. The molecule has 8 nitrogen and oxygen atoms in total. The van der Waals surface area contributed by atoms with Gasteiger partial charge in [-0.25, -0.2) is 0 Å². The van der Waals surface area contributed by atoms with Crippen molar-refractivity contribution in [2.75, 3.05) is 37.7 Å².